The van der Waals surface area contributed by atoms with Gasteiger partial charge < -0.3 is 10.1 Å². The van der Waals surface area contributed by atoms with Crippen molar-refractivity contribution in [3.8, 4) is 11.5 Å². The number of ether oxygens (including phenoxy) is 1. The molecule has 3 aromatic rings. The van der Waals surface area contributed by atoms with Gasteiger partial charge in [-0.1, -0.05) is 29.3 Å². The molecule has 0 aliphatic carbocycles. The van der Waals surface area contributed by atoms with Crippen LogP contribution in [0.4, 0.5) is 5.69 Å². The topological polar surface area (TPSA) is 50.4 Å². The van der Waals surface area contributed by atoms with Crippen LogP contribution in [0.15, 0.2) is 72.8 Å². The van der Waals surface area contributed by atoms with E-state index in [4.69, 9.17) is 28.6 Å². The van der Waals surface area contributed by atoms with Gasteiger partial charge in [-0.3, -0.25) is 10.1 Å². The number of carbonyl (C=O) groups is 1. The lowest BCUT2D eigenvalue weighted by molar-refractivity contribution is 0.0977. The summed E-state index contributed by atoms with van der Waals surface area (Å²) in [5, 5.41) is 6.54. The van der Waals surface area contributed by atoms with Crippen molar-refractivity contribution in [3.63, 3.8) is 0 Å². The van der Waals surface area contributed by atoms with Gasteiger partial charge in [0.2, 0.25) is 0 Å². The van der Waals surface area contributed by atoms with Gasteiger partial charge in [0, 0.05) is 16.3 Å². The molecule has 0 aliphatic rings. The number of thiocarbonyl (C=S) groups is 1. The van der Waals surface area contributed by atoms with Gasteiger partial charge >= 0.3 is 0 Å². The molecule has 0 heterocycles. The number of hydrogen-bond donors (Lipinski definition) is 2. The van der Waals surface area contributed by atoms with Crippen molar-refractivity contribution in [2.75, 3.05) is 5.32 Å². The Morgan fingerprint density at radius 2 is 1.59 bits per heavy atom. The van der Waals surface area contributed by atoms with Crippen LogP contribution >= 0.6 is 23.8 Å². The predicted octanol–water partition coefficient (Wildman–Crippen LogP) is 5.57. The summed E-state index contributed by atoms with van der Waals surface area (Å²) in [6.45, 7) is 1.93. The number of benzene rings is 3. The molecule has 0 aromatic heterocycles. The van der Waals surface area contributed by atoms with Gasteiger partial charge in [-0.2, -0.15) is 0 Å². The second-order valence-corrected chi connectivity index (χ2v) is 6.70. The molecule has 0 aliphatic heterocycles. The predicted molar refractivity (Wildman–Crippen MR) is 113 cm³/mol. The summed E-state index contributed by atoms with van der Waals surface area (Å²) in [6.07, 6.45) is 0. The molecule has 0 saturated carbocycles. The van der Waals surface area contributed by atoms with Crippen LogP contribution in [-0.4, -0.2) is 11.0 Å². The summed E-state index contributed by atoms with van der Waals surface area (Å²) in [5.74, 6) is 1.12. The Balaban J connectivity index is 1.56. The van der Waals surface area contributed by atoms with Crippen molar-refractivity contribution in [2.24, 2.45) is 0 Å². The first-order chi connectivity index (χ1) is 13.0. The normalized spacial score (nSPS) is 10.1. The monoisotopic (exact) mass is 396 g/mol. The molecule has 4 nitrogen and oxygen atoms in total. The number of amides is 1. The van der Waals surface area contributed by atoms with Gasteiger partial charge in [0.25, 0.3) is 5.91 Å². The fraction of sp³-hybridized carbons (Fsp3) is 0.0476. The van der Waals surface area contributed by atoms with Crippen LogP contribution in [0.1, 0.15) is 15.9 Å². The maximum Gasteiger partial charge on any atom is 0.257 e. The molecule has 3 aromatic carbocycles. The summed E-state index contributed by atoms with van der Waals surface area (Å²) in [5.41, 5.74) is 2.32. The molecule has 3 rings (SSSR count). The van der Waals surface area contributed by atoms with Gasteiger partial charge in [0.05, 0.1) is 0 Å². The van der Waals surface area contributed by atoms with Crippen molar-refractivity contribution in [1.29, 1.82) is 0 Å². The lowest BCUT2D eigenvalue weighted by atomic mass is 10.1. The average Bonchev–Trinajstić information content (AvgIpc) is 2.65. The first-order valence-corrected chi connectivity index (χ1v) is 9.01. The van der Waals surface area contributed by atoms with Crippen molar-refractivity contribution in [3.05, 3.63) is 88.9 Å². The van der Waals surface area contributed by atoms with E-state index in [1.54, 1.807) is 36.4 Å². The Hall–Kier alpha value is -2.89. The van der Waals surface area contributed by atoms with E-state index in [9.17, 15) is 4.79 Å². The molecule has 0 spiro atoms. The Labute approximate surface area is 168 Å². The SMILES string of the molecule is Cc1cccc(C(=O)NC(=S)Nc2ccc(Oc3ccc(Cl)cc3)cc2)c1. The first-order valence-electron chi connectivity index (χ1n) is 8.22. The zero-order chi connectivity index (χ0) is 19.2. The first kappa shape index (κ1) is 18.9. The Bertz CT molecular complexity index is 957. The summed E-state index contributed by atoms with van der Waals surface area (Å²) < 4.78 is 5.74. The highest BCUT2D eigenvalue weighted by Crippen LogP contribution is 2.24. The van der Waals surface area contributed by atoms with Crippen LogP contribution in [0.5, 0.6) is 11.5 Å². The molecule has 0 radical (unpaired) electrons. The maximum absolute atomic E-state index is 12.2. The molecule has 1 amide bonds. The molecular weight excluding hydrogens is 380 g/mol. The zero-order valence-electron chi connectivity index (χ0n) is 14.5. The third-order valence-electron chi connectivity index (χ3n) is 3.67. The third kappa shape index (κ3) is 5.54. The highest BCUT2D eigenvalue weighted by Gasteiger charge is 2.08. The summed E-state index contributed by atoms with van der Waals surface area (Å²) >= 11 is 11.1. The van der Waals surface area contributed by atoms with E-state index in [0.29, 0.717) is 22.1 Å². The number of halogens is 1. The molecule has 0 atom stereocenters. The number of nitrogens with one attached hydrogen (secondary N) is 2. The van der Waals surface area contributed by atoms with Crippen LogP contribution in [-0.2, 0) is 0 Å². The van der Waals surface area contributed by atoms with Crippen molar-refractivity contribution in [2.45, 2.75) is 6.92 Å². The summed E-state index contributed by atoms with van der Waals surface area (Å²) in [7, 11) is 0. The Kier molecular flexibility index (Phi) is 6.06. The van der Waals surface area contributed by atoms with Gasteiger partial charge in [-0.05, 0) is 79.8 Å². The fourth-order valence-corrected chi connectivity index (χ4v) is 2.71. The van der Waals surface area contributed by atoms with Crippen LogP contribution < -0.4 is 15.4 Å². The number of rotatable bonds is 4. The summed E-state index contributed by atoms with van der Waals surface area (Å²) in [6, 6.07) is 21.7. The quantitative estimate of drug-likeness (QED) is 0.566. The van der Waals surface area contributed by atoms with Crippen molar-refractivity contribution >= 4 is 40.5 Å². The average molecular weight is 397 g/mol. The number of carbonyl (C=O) groups excluding carboxylic acids is 1. The van der Waals surface area contributed by atoms with Gasteiger partial charge in [-0.15, -0.1) is 0 Å². The molecule has 27 heavy (non-hydrogen) atoms. The van der Waals surface area contributed by atoms with Crippen molar-refractivity contribution in [1.82, 2.24) is 5.32 Å². The molecular formula is C21H17ClN2O2S. The number of aryl methyl sites for hydroxylation is 1. The molecule has 0 bridgehead atoms. The summed E-state index contributed by atoms with van der Waals surface area (Å²) in [4.78, 5) is 12.2. The third-order valence-corrected chi connectivity index (χ3v) is 4.12. The van der Waals surface area contributed by atoms with E-state index in [-0.39, 0.29) is 11.0 Å². The van der Waals surface area contributed by atoms with E-state index >= 15 is 0 Å². The molecule has 0 saturated heterocycles. The zero-order valence-corrected chi connectivity index (χ0v) is 16.1. The van der Waals surface area contributed by atoms with Crippen molar-refractivity contribution < 1.29 is 9.53 Å². The molecule has 0 fully saturated rings. The van der Waals surface area contributed by atoms with Crippen LogP contribution in [0.3, 0.4) is 0 Å². The second kappa shape index (κ2) is 8.66. The van der Waals surface area contributed by atoms with Crippen LogP contribution in [0.25, 0.3) is 0 Å². The highest BCUT2D eigenvalue weighted by molar-refractivity contribution is 7.80. The lowest BCUT2D eigenvalue weighted by Gasteiger charge is -2.11. The van der Waals surface area contributed by atoms with Gasteiger partial charge in [-0.25, -0.2) is 0 Å². The van der Waals surface area contributed by atoms with E-state index in [0.717, 1.165) is 11.3 Å². The highest BCUT2D eigenvalue weighted by atomic mass is 35.5. The molecule has 6 heteroatoms. The Morgan fingerprint density at radius 3 is 2.22 bits per heavy atom. The van der Waals surface area contributed by atoms with E-state index in [2.05, 4.69) is 10.6 Å². The van der Waals surface area contributed by atoms with E-state index in [1.807, 2.05) is 43.3 Å². The lowest BCUT2D eigenvalue weighted by Crippen LogP contribution is -2.34. The minimum Gasteiger partial charge on any atom is -0.457 e. The minimum absolute atomic E-state index is 0.230. The van der Waals surface area contributed by atoms with Gasteiger partial charge in [0.15, 0.2) is 5.11 Å². The smallest absolute Gasteiger partial charge is 0.257 e. The van der Waals surface area contributed by atoms with E-state index < -0.39 is 0 Å². The molecule has 0 unspecified atom stereocenters. The minimum atomic E-state index is -0.251. The number of hydrogen-bond acceptors (Lipinski definition) is 3. The van der Waals surface area contributed by atoms with Crippen LogP contribution in [0.2, 0.25) is 5.02 Å². The largest absolute Gasteiger partial charge is 0.457 e. The Morgan fingerprint density at radius 1 is 0.963 bits per heavy atom. The van der Waals surface area contributed by atoms with E-state index in [1.165, 1.54) is 0 Å². The standard InChI is InChI=1S/C21H17ClN2O2S/c1-14-3-2-4-15(13-14)20(25)24-21(27)23-17-7-11-19(12-8-17)26-18-9-5-16(22)6-10-18/h2-13H,1H3,(H2,23,24,25,27). The molecule has 2 N–H and O–H groups in total. The second-order valence-electron chi connectivity index (χ2n) is 5.86. The maximum atomic E-state index is 12.2. The fourth-order valence-electron chi connectivity index (χ4n) is 2.37. The van der Waals surface area contributed by atoms with Gasteiger partial charge in [0.1, 0.15) is 11.5 Å². The number of anilines is 1. The van der Waals surface area contributed by atoms with Crippen LogP contribution in [0, 0.1) is 6.92 Å². The molecule has 136 valence electrons.